The highest BCUT2D eigenvalue weighted by atomic mass is 19.1. The quantitative estimate of drug-likeness (QED) is 0.477. The largest absolute Gasteiger partial charge is 0.489 e. The molecule has 0 saturated carbocycles. The number of ether oxygens (including phenoxy) is 1. The van der Waals surface area contributed by atoms with Crippen LogP contribution in [-0.4, -0.2) is 41.9 Å². The molecule has 6 nitrogen and oxygen atoms in total. The average Bonchev–Trinajstić information content (AvgIpc) is 3.31. The van der Waals surface area contributed by atoms with E-state index in [0.29, 0.717) is 17.0 Å². The molecular formula is C26H29FN4O2. The van der Waals surface area contributed by atoms with Crippen LogP contribution in [0.25, 0.3) is 5.69 Å². The molecule has 1 aliphatic heterocycles. The van der Waals surface area contributed by atoms with E-state index in [1.54, 1.807) is 12.3 Å². The number of benzene rings is 2. The van der Waals surface area contributed by atoms with Crippen molar-refractivity contribution in [3.05, 3.63) is 87.6 Å². The van der Waals surface area contributed by atoms with Gasteiger partial charge in [-0.15, -0.1) is 0 Å². The molecule has 2 aromatic carbocycles. The van der Waals surface area contributed by atoms with Gasteiger partial charge in [-0.25, -0.2) is 4.39 Å². The highest BCUT2D eigenvalue weighted by Gasteiger charge is 2.11. The summed E-state index contributed by atoms with van der Waals surface area (Å²) in [6.45, 7) is 6.11. The average molecular weight is 449 g/mol. The van der Waals surface area contributed by atoms with Gasteiger partial charge in [-0.3, -0.25) is 9.36 Å². The summed E-state index contributed by atoms with van der Waals surface area (Å²) in [7, 11) is 0. The Morgan fingerprint density at radius 2 is 1.94 bits per heavy atom. The van der Waals surface area contributed by atoms with Crippen molar-refractivity contribution in [1.29, 1.82) is 5.41 Å². The number of anilines is 1. The third-order valence-corrected chi connectivity index (χ3v) is 5.81. The molecule has 4 rings (SSSR count). The van der Waals surface area contributed by atoms with E-state index in [9.17, 15) is 9.18 Å². The maximum absolute atomic E-state index is 13.6. The van der Waals surface area contributed by atoms with Crippen molar-refractivity contribution in [1.82, 2.24) is 9.47 Å². The number of hydrogen-bond donors (Lipinski definition) is 2. The molecular weight excluding hydrogens is 419 g/mol. The first kappa shape index (κ1) is 22.7. The minimum Gasteiger partial charge on any atom is -0.489 e. The Kier molecular flexibility index (Phi) is 7.19. The van der Waals surface area contributed by atoms with Crippen LogP contribution in [0.4, 0.5) is 10.1 Å². The summed E-state index contributed by atoms with van der Waals surface area (Å²) in [5, 5.41) is 11.2. The van der Waals surface area contributed by atoms with Gasteiger partial charge in [0.15, 0.2) is 0 Å². The zero-order valence-corrected chi connectivity index (χ0v) is 18.8. The molecule has 2 heterocycles. The first-order valence-electron chi connectivity index (χ1n) is 11.2. The van der Waals surface area contributed by atoms with Crippen LogP contribution >= 0.6 is 0 Å². The third-order valence-electron chi connectivity index (χ3n) is 5.81. The normalized spacial score (nSPS) is 13.8. The SMILES string of the molecule is Cc1cc(F)cc(COc2ccn(-c3ccc(NCCN4CCCC4)c(C=N)c3)c(=O)c2)c1. The maximum Gasteiger partial charge on any atom is 0.258 e. The van der Waals surface area contributed by atoms with E-state index in [-0.39, 0.29) is 18.0 Å². The van der Waals surface area contributed by atoms with Crippen LogP contribution in [-0.2, 0) is 6.61 Å². The van der Waals surface area contributed by atoms with Crippen LogP contribution in [0.1, 0.15) is 29.5 Å². The number of halogens is 1. The Morgan fingerprint density at radius 1 is 1.12 bits per heavy atom. The molecule has 0 unspecified atom stereocenters. The summed E-state index contributed by atoms with van der Waals surface area (Å²) in [6.07, 6.45) is 5.48. The van der Waals surface area contributed by atoms with Crippen molar-refractivity contribution in [2.45, 2.75) is 26.4 Å². The minimum absolute atomic E-state index is 0.178. The molecule has 1 fully saturated rings. The lowest BCUT2D eigenvalue weighted by molar-refractivity contribution is 0.304. The van der Waals surface area contributed by atoms with Crippen molar-refractivity contribution in [3.8, 4) is 11.4 Å². The molecule has 0 aliphatic carbocycles. The zero-order chi connectivity index (χ0) is 23.2. The van der Waals surface area contributed by atoms with Gasteiger partial charge in [0.1, 0.15) is 18.2 Å². The molecule has 1 aliphatic rings. The predicted octanol–water partition coefficient (Wildman–Crippen LogP) is 4.37. The number of rotatable bonds is 9. The lowest BCUT2D eigenvalue weighted by Gasteiger charge is -2.17. The molecule has 3 aromatic rings. The van der Waals surface area contributed by atoms with Crippen LogP contribution in [0.2, 0.25) is 0 Å². The number of likely N-dealkylation sites (tertiary alicyclic amines) is 1. The standard InChI is InChI=1S/C26H29FN4O2/c1-19-12-20(14-22(27)13-19)18-33-24-6-10-31(26(32)16-24)23-4-5-25(21(15-23)17-28)29-7-11-30-8-2-3-9-30/h4-6,10,12-17,28-29H,2-3,7-9,11,18H2,1H3. The maximum atomic E-state index is 13.6. The van der Waals surface area contributed by atoms with Crippen molar-refractivity contribution in [2.24, 2.45) is 0 Å². The first-order chi connectivity index (χ1) is 16.0. The number of nitrogens with zero attached hydrogens (tertiary/aromatic N) is 2. The van der Waals surface area contributed by atoms with Gasteiger partial charge in [-0.2, -0.15) is 0 Å². The van der Waals surface area contributed by atoms with Crippen molar-refractivity contribution >= 4 is 11.9 Å². The van der Waals surface area contributed by atoms with Crippen LogP contribution in [0.5, 0.6) is 5.75 Å². The van der Waals surface area contributed by atoms with Crippen LogP contribution in [0, 0.1) is 18.2 Å². The van der Waals surface area contributed by atoms with E-state index in [1.807, 2.05) is 31.2 Å². The van der Waals surface area contributed by atoms with Crippen molar-refractivity contribution in [2.75, 3.05) is 31.5 Å². The fraction of sp³-hybridized carbons (Fsp3) is 0.308. The third kappa shape index (κ3) is 5.87. The van der Waals surface area contributed by atoms with Crippen molar-refractivity contribution in [3.63, 3.8) is 0 Å². The Morgan fingerprint density at radius 3 is 2.67 bits per heavy atom. The number of pyridine rings is 1. The Bertz CT molecular complexity index is 1160. The summed E-state index contributed by atoms with van der Waals surface area (Å²) < 4.78 is 20.8. The van der Waals surface area contributed by atoms with Gasteiger partial charge >= 0.3 is 0 Å². The van der Waals surface area contributed by atoms with E-state index in [2.05, 4.69) is 10.2 Å². The summed E-state index contributed by atoms with van der Waals surface area (Å²) in [6, 6.07) is 13.5. The molecule has 0 atom stereocenters. The molecule has 1 aromatic heterocycles. The first-order valence-corrected chi connectivity index (χ1v) is 11.2. The van der Waals surface area contributed by atoms with Crippen LogP contribution in [0.3, 0.4) is 0 Å². The minimum atomic E-state index is -0.306. The summed E-state index contributed by atoms with van der Waals surface area (Å²) in [4.78, 5) is 15.1. The number of aryl methyl sites for hydroxylation is 1. The van der Waals surface area contributed by atoms with Gasteiger partial charge in [0.05, 0.1) is 0 Å². The summed E-state index contributed by atoms with van der Waals surface area (Å²) in [5.74, 6) is 0.116. The van der Waals surface area contributed by atoms with Crippen LogP contribution < -0.4 is 15.6 Å². The zero-order valence-electron chi connectivity index (χ0n) is 18.8. The fourth-order valence-electron chi connectivity index (χ4n) is 4.16. The van der Waals surface area contributed by atoms with E-state index < -0.39 is 0 Å². The summed E-state index contributed by atoms with van der Waals surface area (Å²) in [5.41, 5.74) is 3.57. The Hall–Kier alpha value is -3.45. The summed E-state index contributed by atoms with van der Waals surface area (Å²) >= 11 is 0. The number of hydrogen-bond acceptors (Lipinski definition) is 5. The van der Waals surface area contributed by atoms with Gasteiger partial charge in [0.2, 0.25) is 0 Å². The van der Waals surface area contributed by atoms with E-state index >= 15 is 0 Å². The Labute approximate surface area is 193 Å². The molecule has 0 radical (unpaired) electrons. The smallest absolute Gasteiger partial charge is 0.258 e. The highest BCUT2D eigenvalue weighted by molar-refractivity contribution is 5.86. The Balaban J connectivity index is 1.43. The molecule has 33 heavy (non-hydrogen) atoms. The van der Waals surface area contributed by atoms with Gasteiger partial charge < -0.3 is 20.4 Å². The van der Waals surface area contributed by atoms with E-state index in [1.165, 1.54) is 41.8 Å². The predicted molar refractivity (Wildman–Crippen MR) is 130 cm³/mol. The second-order valence-corrected chi connectivity index (χ2v) is 8.39. The van der Waals surface area contributed by atoms with Gasteiger partial charge in [-0.1, -0.05) is 6.07 Å². The second-order valence-electron chi connectivity index (χ2n) is 8.39. The number of aromatic nitrogens is 1. The van der Waals surface area contributed by atoms with Gasteiger partial charge in [-0.05, 0) is 80.4 Å². The van der Waals surface area contributed by atoms with E-state index in [4.69, 9.17) is 10.1 Å². The van der Waals surface area contributed by atoms with Gasteiger partial charge in [0.25, 0.3) is 5.56 Å². The number of nitrogens with one attached hydrogen (secondary N) is 2. The fourth-order valence-corrected chi connectivity index (χ4v) is 4.16. The molecule has 0 spiro atoms. The molecule has 0 bridgehead atoms. The second kappa shape index (κ2) is 10.4. The van der Waals surface area contributed by atoms with E-state index in [0.717, 1.165) is 43.0 Å². The van der Waals surface area contributed by atoms with Crippen LogP contribution in [0.15, 0.2) is 59.5 Å². The van der Waals surface area contributed by atoms with Gasteiger partial charge in [0, 0.05) is 48.5 Å². The van der Waals surface area contributed by atoms with Crippen molar-refractivity contribution < 1.29 is 9.13 Å². The molecule has 0 amide bonds. The topological polar surface area (TPSA) is 70.3 Å². The molecule has 172 valence electrons. The molecule has 2 N–H and O–H groups in total. The molecule has 1 saturated heterocycles. The monoisotopic (exact) mass is 448 g/mol. The molecule has 7 heteroatoms. The lowest BCUT2D eigenvalue weighted by atomic mass is 10.1. The highest BCUT2D eigenvalue weighted by Crippen LogP contribution is 2.19. The lowest BCUT2D eigenvalue weighted by Crippen LogP contribution is -2.26.